The van der Waals surface area contributed by atoms with Crippen LogP contribution in [0.3, 0.4) is 0 Å². The van der Waals surface area contributed by atoms with Crippen molar-refractivity contribution in [1.82, 2.24) is 9.88 Å². The van der Waals surface area contributed by atoms with Crippen LogP contribution < -0.4 is 20.4 Å². The first-order valence-corrected chi connectivity index (χ1v) is 10.6. The minimum absolute atomic E-state index is 0.0723. The lowest BCUT2D eigenvalue weighted by Crippen LogP contribution is -2.49. The largest absolute Gasteiger partial charge is 0.492 e. The van der Waals surface area contributed by atoms with Crippen LogP contribution in [-0.2, 0) is 5.54 Å². The van der Waals surface area contributed by atoms with Crippen molar-refractivity contribution in [3.8, 4) is 5.75 Å². The third-order valence-electron chi connectivity index (χ3n) is 6.87. The van der Waals surface area contributed by atoms with Gasteiger partial charge >= 0.3 is 5.97 Å². The van der Waals surface area contributed by atoms with Crippen molar-refractivity contribution in [1.29, 1.82) is 0 Å². The number of hydrogen-bond acceptors (Lipinski definition) is 5. The fourth-order valence-corrected chi connectivity index (χ4v) is 5.14. The molecular formula is C22H26FN3O4. The summed E-state index contributed by atoms with van der Waals surface area (Å²) in [5.74, 6) is -1.07. The van der Waals surface area contributed by atoms with Gasteiger partial charge in [0.2, 0.25) is 5.43 Å². The van der Waals surface area contributed by atoms with Gasteiger partial charge in [-0.1, -0.05) is 0 Å². The molecule has 2 aromatic rings. The number of nitrogens with zero attached hydrogens (tertiary/aromatic N) is 2. The number of piperazine rings is 1. The molecule has 2 saturated carbocycles. The van der Waals surface area contributed by atoms with E-state index in [0.29, 0.717) is 36.0 Å². The van der Waals surface area contributed by atoms with Crippen LogP contribution in [0.15, 0.2) is 17.1 Å². The third kappa shape index (κ3) is 2.80. The SMILES string of the molecule is COc1c(N2CCN[C@H](C)C2)c(F)cc2c(=O)c(C(=O)O)cn(C3(C4CC4)CC3)c12. The zero-order chi connectivity index (χ0) is 21.2. The number of carboxylic acids is 1. The van der Waals surface area contributed by atoms with Crippen LogP contribution in [0.2, 0.25) is 0 Å². The van der Waals surface area contributed by atoms with Gasteiger partial charge in [-0.05, 0) is 44.6 Å². The second-order valence-electron chi connectivity index (χ2n) is 8.86. The van der Waals surface area contributed by atoms with Gasteiger partial charge in [0, 0.05) is 37.4 Å². The highest BCUT2D eigenvalue weighted by Gasteiger charge is 2.56. The Kier molecular flexibility index (Phi) is 4.32. The highest BCUT2D eigenvalue weighted by molar-refractivity contribution is 5.97. The van der Waals surface area contributed by atoms with E-state index in [1.165, 1.54) is 19.4 Å². The molecule has 3 aliphatic rings. The van der Waals surface area contributed by atoms with E-state index >= 15 is 4.39 Å². The van der Waals surface area contributed by atoms with Crippen molar-refractivity contribution in [2.24, 2.45) is 5.92 Å². The molecular weight excluding hydrogens is 389 g/mol. The van der Waals surface area contributed by atoms with Crippen LogP contribution in [0.25, 0.3) is 10.9 Å². The molecule has 0 spiro atoms. The minimum Gasteiger partial charge on any atom is -0.492 e. The van der Waals surface area contributed by atoms with Crippen LogP contribution in [0.5, 0.6) is 5.75 Å². The van der Waals surface area contributed by atoms with E-state index in [4.69, 9.17) is 4.74 Å². The number of pyridine rings is 1. The summed E-state index contributed by atoms with van der Waals surface area (Å²) in [5.41, 5.74) is -0.326. The monoisotopic (exact) mass is 415 g/mol. The number of methoxy groups -OCH3 is 1. The Balaban J connectivity index is 1.83. The maximum absolute atomic E-state index is 15.4. The zero-order valence-corrected chi connectivity index (χ0v) is 17.2. The molecule has 160 valence electrons. The number of hydrogen-bond donors (Lipinski definition) is 2. The number of ether oxygens (including phenoxy) is 1. The lowest BCUT2D eigenvalue weighted by Gasteiger charge is -2.35. The maximum Gasteiger partial charge on any atom is 0.341 e. The van der Waals surface area contributed by atoms with Gasteiger partial charge in [0.05, 0.1) is 18.0 Å². The van der Waals surface area contributed by atoms with Crippen molar-refractivity contribution in [2.75, 3.05) is 31.6 Å². The Morgan fingerprint density at radius 3 is 2.67 bits per heavy atom. The topological polar surface area (TPSA) is 83.8 Å². The van der Waals surface area contributed by atoms with Crippen molar-refractivity contribution in [3.05, 3.63) is 33.9 Å². The van der Waals surface area contributed by atoms with E-state index in [1.807, 2.05) is 16.4 Å². The average Bonchev–Trinajstić information content (AvgIpc) is 3.60. The normalized spacial score (nSPS) is 22.9. The molecule has 30 heavy (non-hydrogen) atoms. The number of aromatic carboxylic acids is 1. The van der Waals surface area contributed by atoms with E-state index in [-0.39, 0.29) is 22.5 Å². The zero-order valence-electron chi connectivity index (χ0n) is 17.2. The first-order chi connectivity index (χ1) is 14.4. The first kappa shape index (κ1) is 19.4. The van der Waals surface area contributed by atoms with Gasteiger partial charge in [-0.3, -0.25) is 4.79 Å². The van der Waals surface area contributed by atoms with Crippen molar-refractivity contribution < 1.29 is 19.0 Å². The molecule has 0 amide bonds. The molecule has 0 unspecified atom stereocenters. The summed E-state index contributed by atoms with van der Waals surface area (Å²) < 4.78 is 23.0. The molecule has 0 bridgehead atoms. The fraction of sp³-hybridized carbons (Fsp3) is 0.545. The number of rotatable bonds is 5. The Labute approximate surface area is 173 Å². The second-order valence-corrected chi connectivity index (χ2v) is 8.86. The van der Waals surface area contributed by atoms with E-state index < -0.39 is 17.2 Å². The number of carboxylic acid groups (broad SMARTS) is 1. The summed E-state index contributed by atoms with van der Waals surface area (Å²) in [6, 6.07) is 1.39. The number of benzene rings is 1. The van der Waals surface area contributed by atoms with E-state index in [1.54, 1.807) is 0 Å². The summed E-state index contributed by atoms with van der Waals surface area (Å²) in [6.45, 7) is 4.00. The number of fused-ring (bicyclic) bond motifs is 1. The molecule has 1 aromatic carbocycles. The Morgan fingerprint density at radius 2 is 2.10 bits per heavy atom. The second kappa shape index (κ2) is 6.70. The highest BCUT2D eigenvalue weighted by Crippen LogP contribution is 2.60. The standard InChI is InChI=1S/C22H26FN3O4/c1-12-10-25(8-7-24-12)18-16(23)9-14-17(20(18)30-2)26(11-15(19(14)27)21(28)29)22(5-6-22)13-3-4-13/h9,11-13,24H,3-8,10H2,1-2H3,(H,28,29)/t12-/m1/s1. The Morgan fingerprint density at radius 1 is 1.37 bits per heavy atom. The van der Waals surface area contributed by atoms with Crippen molar-refractivity contribution in [3.63, 3.8) is 0 Å². The molecule has 5 rings (SSSR count). The lowest BCUT2D eigenvalue weighted by atomic mass is 10.0. The molecule has 7 nitrogen and oxygen atoms in total. The lowest BCUT2D eigenvalue weighted by molar-refractivity contribution is 0.0694. The number of nitrogens with one attached hydrogen (secondary N) is 1. The number of carbonyl (C=O) groups is 1. The molecule has 3 fully saturated rings. The van der Waals surface area contributed by atoms with Crippen LogP contribution in [-0.4, -0.2) is 48.4 Å². The van der Waals surface area contributed by atoms with Crippen molar-refractivity contribution >= 4 is 22.6 Å². The van der Waals surface area contributed by atoms with Crippen LogP contribution in [0.1, 0.15) is 43.0 Å². The maximum atomic E-state index is 15.4. The van der Waals surface area contributed by atoms with E-state index in [9.17, 15) is 14.7 Å². The molecule has 1 aromatic heterocycles. The number of halogens is 1. The summed E-state index contributed by atoms with van der Waals surface area (Å²) in [5, 5.41) is 13.0. The van der Waals surface area contributed by atoms with Gasteiger partial charge in [-0.2, -0.15) is 0 Å². The summed E-state index contributed by atoms with van der Waals surface area (Å²) in [4.78, 5) is 26.7. The molecule has 1 saturated heterocycles. The molecule has 2 heterocycles. The summed E-state index contributed by atoms with van der Waals surface area (Å²) in [6.07, 6.45) is 5.48. The predicted octanol–water partition coefficient (Wildman–Crippen LogP) is 2.54. The Hall–Kier alpha value is -2.61. The van der Waals surface area contributed by atoms with Crippen molar-refractivity contribution in [2.45, 2.75) is 44.2 Å². The number of aromatic nitrogens is 1. The van der Waals surface area contributed by atoms with Gasteiger partial charge in [0.1, 0.15) is 11.3 Å². The van der Waals surface area contributed by atoms with Gasteiger partial charge in [-0.25, -0.2) is 9.18 Å². The molecule has 2 aliphatic carbocycles. The van der Waals surface area contributed by atoms with Gasteiger partial charge in [-0.15, -0.1) is 0 Å². The molecule has 1 atom stereocenters. The van der Waals surface area contributed by atoms with Crippen LogP contribution in [0.4, 0.5) is 10.1 Å². The molecule has 8 heteroatoms. The number of anilines is 1. The van der Waals surface area contributed by atoms with Gasteiger partial charge < -0.3 is 24.6 Å². The fourth-order valence-electron chi connectivity index (χ4n) is 5.14. The first-order valence-electron chi connectivity index (χ1n) is 10.6. The molecule has 0 radical (unpaired) electrons. The summed E-state index contributed by atoms with van der Waals surface area (Å²) >= 11 is 0. The summed E-state index contributed by atoms with van der Waals surface area (Å²) in [7, 11) is 1.49. The highest BCUT2D eigenvalue weighted by atomic mass is 19.1. The van der Waals surface area contributed by atoms with E-state index in [2.05, 4.69) is 5.32 Å². The Bertz CT molecular complexity index is 1100. The third-order valence-corrected chi connectivity index (χ3v) is 6.87. The minimum atomic E-state index is -1.29. The van der Waals surface area contributed by atoms with E-state index in [0.717, 1.165) is 32.2 Å². The van der Waals surface area contributed by atoms with Gasteiger partial charge in [0.25, 0.3) is 0 Å². The molecule has 2 N–H and O–H groups in total. The van der Waals surface area contributed by atoms with Crippen LogP contribution in [0, 0.1) is 11.7 Å². The van der Waals surface area contributed by atoms with Crippen LogP contribution >= 0.6 is 0 Å². The predicted molar refractivity (Wildman–Crippen MR) is 111 cm³/mol. The smallest absolute Gasteiger partial charge is 0.341 e. The van der Waals surface area contributed by atoms with Gasteiger partial charge in [0.15, 0.2) is 11.6 Å². The average molecular weight is 415 g/mol. The quantitative estimate of drug-likeness (QED) is 0.781. The molecule has 1 aliphatic heterocycles.